The van der Waals surface area contributed by atoms with E-state index in [2.05, 4.69) is 15.6 Å². The van der Waals surface area contributed by atoms with Crippen LogP contribution in [0.3, 0.4) is 0 Å². The summed E-state index contributed by atoms with van der Waals surface area (Å²) in [6.45, 7) is -0.0132. The molecule has 4 nitrogen and oxygen atoms in total. The van der Waals surface area contributed by atoms with E-state index < -0.39 is 17.8 Å². The third kappa shape index (κ3) is 3.83. The molecule has 0 saturated carbocycles. The quantitative estimate of drug-likeness (QED) is 0.722. The van der Waals surface area contributed by atoms with E-state index in [9.17, 15) is 18.0 Å². The molecule has 0 aliphatic carbocycles. The fraction of sp³-hybridized carbons (Fsp3) is 0.125. The number of thiazole rings is 1. The molecule has 0 aliphatic rings. The van der Waals surface area contributed by atoms with Crippen LogP contribution in [-0.2, 0) is 12.7 Å². The van der Waals surface area contributed by atoms with Gasteiger partial charge >= 0.3 is 12.2 Å². The molecule has 3 aromatic rings. The summed E-state index contributed by atoms with van der Waals surface area (Å²) in [6.07, 6.45) is -4.40. The number of hydrogen-bond acceptors (Lipinski definition) is 3. The van der Waals surface area contributed by atoms with Gasteiger partial charge in [0.05, 0.1) is 15.8 Å². The van der Waals surface area contributed by atoms with Gasteiger partial charge in [-0.3, -0.25) is 5.32 Å². The van der Waals surface area contributed by atoms with Gasteiger partial charge in [-0.05, 0) is 29.8 Å². The van der Waals surface area contributed by atoms with Crippen molar-refractivity contribution >= 4 is 32.7 Å². The zero-order valence-electron chi connectivity index (χ0n) is 12.2. The molecule has 24 heavy (non-hydrogen) atoms. The van der Waals surface area contributed by atoms with Gasteiger partial charge in [0.15, 0.2) is 5.13 Å². The second-order valence-electron chi connectivity index (χ2n) is 4.99. The van der Waals surface area contributed by atoms with Crippen LogP contribution in [0, 0.1) is 0 Å². The number of alkyl halides is 3. The largest absolute Gasteiger partial charge is 0.416 e. The molecule has 0 atom stereocenters. The molecule has 3 rings (SSSR count). The molecule has 0 unspecified atom stereocenters. The number of amides is 2. The zero-order chi connectivity index (χ0) is 17.2. The molecule has 124 valence electrons. The number of carbonyl (C=O) groups excluding carboxylic acids is 1. The number of hydrogen-bond donors (Lipinski definition) is 2. The maximum atomic E-state index is 12.6. The Morgan fingerprint density at radius 2 is 1.92 bits per heavy atom. The van der Waals surface area contributed by atoms with E-state index in [1.807, 2.05) is 24.3 Å². The van der Waals surface area contributed by atoms with E-state index in [1.165, 1.54) is 23.5 Å². The van der Waals surface area contributed by atoms with Crippen LogP contribution in [0.5, 0.6) is 0 Å². The topological polar surface area (TPSA) is 54.0 Å². The molecule has 1 aromatic heterocycles. The van der Waals surface area contributed by atoms with Crippen molar-refractivity contribution in [1.29, 1.82) is 0 Å². The first kappa shape index (κ1) is 16.3. The highest BCUT2D eigenvalue weighted by molar-refractivity contribution is 7.22. The SMILES string of the molecule is O=C(NCc1cccc(C(F)(F)F)c1)Nc1nc2ccccc2s1. The van der Waals surface area contributed by atoms with Crippen LogP contribution in [0.4, 0.5) is 23.1 Å². The van der Waals surface area contributed by atoms with Gasteiger partial charge in [0, 0.05) is 6.54 Å². The van der Waals surface area contributed by atoms with E-state index in [1.54, 1.807) is 0 Å². The van der Waals surface area contributed by atoms with E-state index in [0.29, 0.717) is 10.7 Å². The van der Waals surface area contributed by atoms with Gasteiger partial charge in [0.25, 0.3) is 0 Å². The van der Waals surface area contributed by atoms with E-state index >= 15 is 0 Å². The van der Waals surface area contributed by atoms with Gasteiger partial charge in [-0.1, -0.05) is 35.6 Å². The second-order valence-corrected chi connectivity index (χ2v) is 6.02. The van der Waals surface area contributed by atoms with Crippen molar-refractivity contribution in [3.63, 3.8) is 0 Å². The van der Waals surface area contributed by atoms with Gasteiger partial charge in [0.2, 0.25) is 0 Å². The fourth-order valence-corrected chi connectivity index (χ4v) is 2.97. The standard InChI is InChI=1S/C16H12F3N3OS/c17-16(18,19)11-5-3-4-10(8-11)9-20-14(23)22-15-21-12-6-1-2-7-13(12)24-15/h1-8H,9H2,(H2,20,21,22,23). The summed E-state index contributed by atoms with van der Waals surface area (Å²) in [7, 11) is 0. The number of rotatable bonds is 3. The number of anilines is 1. The Balaban J connectivity index is 1.61. The molecule has 0 spiro atoms. The molecule has 0 fully saturated rings. The number of urea groups is 1. The summed E-state index contributed by atoms with van der Waals surface area (Å²) < 4.78 is 38.9. The lowest BCUT2D eigenvalue weighted by molar-refractivity contribution is -0.137. The summed E-state index contributed by atoms with van der Waals surface area (Å²) in [5, 5.41) is 5.53. The minimum absolute atomic E-state index is 0.0132. The monoisotopic (exact) mass is 351 g/mol. The lowest BCUT2D eigenvalue weighted by Crippen LogP contribution is -2.28. The number of para-hydroxylation sites is 1. The number of benzene rings is 2. The van der Waals surface area contributed by atoms with E-state index in [4.69, 9.17) is 0 Å². The van der Waals surface area contributed by atoms with Crippen LogP contribution in [0.15, 0.2) is 48.5 Å². The van der Waals surface area contributed by atoms with Crippen molar-refractivity contribution in [3.8, 4) is 0 Å². The predicted molar refractivity (Wildman–Crippen MR) is 86.9 cm³/mol. The van der Waals surface area contributed by atoms with Crippen molar-refractivity contribution < 1.29 is 18.0 Å². The molecule has 2 amide bonds. The molecule has 0 radical (unpaired) electrons. The Morgan fingerprint density at radius 1 is 1.12 bits per heavy atom. The Morgan fingerprint density at radius 3 is 2.67 bits per heavy atom. The van der Waals surface area contributed by atoms with E-state index in [-0.39, 0.29) is 6.54 Å². The zero-order valence-corrected chi connectivity index (χ0v) is 13.0. The normalized spacial score (nSPS) is 11.5. The van der Waals surface area contributed by atoms with Gasteiger partial charge in [-0.25, -0.2) is 9.78 Å². The van der Waals surface area contributed by atoms with Crippen molar-refractivity contribution in [2.75, 3.05) is 5.32 Å². The third-order valence-electron chi connectivity index (χ3n) is 3.22. The Labute approximate surface area is 139 Å². The number of nitrogens with one attached hydrogen (secondary N) is 2. The summed E-state index contributed by atoms with van der Waals surface area (Å²) >= 11 is 1.32. The smallest absolute Gasteiger partial charge is 0.334 e. The van der Waals surface area contributed by atoms with Crippen LogP contribution in [-0.4, -0.2) is 11.0 Å². The Hall–Kier alpha value is -2.61. The average molecular weight is 351 g/mol. The lowest BCUT2D eigenvalue weighted by Gasteiger charge is -2.09. The highest BCUT2D eigenvalue weighted by Crippen LogP contribution is 2.29. The Kier molecular flexibility index (Phi) is 4.39. The fourth-order valence-electron chi connectivity index (χ4n) is 2.11. The maximum Gasteiger partial charge on any atom is 0.416 e. The second kappa shape index (κ2) is 6.48. The van der Waals surface area contributed by atoms with E-state index in [0.717, 1.165) is 22.3 Å². The van der Waals surface area contributed by atoms with Crippen molar-refractivity contribution in [3.05, 3.63) is 59.7 Å². The average Bonchev–Trinajstić information content (AvgIpc) is 2.94. The van der Waals surface area contributed by atoms with Crippen LogP contribution >= 0.6 is 11.3 Å². The predicted octanol–water partition coefficient (Wildman–Crippen LogP) is 4.64. The molecule has 8 heteroatoms. The summed E-state index contributed by atoms with van der Waals surface area (Å²) in [4.78, 5) is 16.1. The van der Waals surface area contributed by atoms with Crippen molar-refractivity contribution in [2.45, 2.75) is 12.7 Å². The first-order valence-electron chi connectivity index (χ1n) is 6.98. The van der Waals surface area contributed by atoms with Crippen molar-refractivity contribution in [2.24, 2.45) is 0 Å². The maximum absolute atomic E-state index is 12.6. The molecule has 0 bridgehead atoms. The van der Waals surface area contributed by atoms with Crippen molar-refractivity contribution in [1.82, 2.24) is 10.3 Å². The highest BCUT2D eigenvalue weighted by atomic mass is 32.1. The number of aromatic nitrogens is 1. The molecule has 1 heterocycles. The summed E-state index contributed by atoms with van der Waals surface area (Å²) in [5.41, 5.74) is 0.397. The van der Waals surface area contributed by atoms with Crippen LogP contribution < -0.4 is 10.6 Å². The first-order valence-corrected chi connectivity index (χ1v) is 7.80. The minimum Gasteiger partial charge on any atom is -0.334 e. The number of nitrogens with zero attached hydrogens (tertiary/aromatic N) is 1. The van der Waals surface area contributed by atoms with Crippen LogP contribution in [0.1, 0.15) is 11.1 Å². The molecule has 0 aliphatic heterocycles. The molecule has 0 saturated heterocycles. The van der Waals surface area contributed by atoms with Crippen LogP contribution in [0.25, 0.3) is 10.2 Å². The number of carbonyl (C=O) groups is 1. The van der Waals surface area contributed by atoms with Crippen LogP contribution in [0.2, 0.25) is 0 Å². The number of halogens is 3. The first-order chi connectivity index (χ1) is 11.4. The van der Waals surface area contributed by atoms with Gasteiger partial charge < -0.3 is 5.32 Å². The summed E-state index contributed by atoms with van der Waals surface area (Å²) in [6, 6.07) is 11.8. The Bertz CT molecular complexity index is 843. The van der Waals surface area contributed by atoms with Gasteiger partial charge in [-0.2, -0.15) is 13.2 Å². The number of fused-ring (bicyclic) bond motifs is 1. The lowest BCUT2D eigenvalue weighted by atomic mass is 10.1. The molecule has 2 aromatic carbocycles. The molecular formula is C16H12F3N3OS. The third-order valence-corrected chi connectivity index (χ3v) is 4.17. The summed E-state index contributed by atoms with van der Waals surface area (Å²) in [5.74, 6) is 0. The van der Waals surface area contributed by atoms with Gasteiger partial charge in [0.1, 0.15) is 0 Å². The molecule has 2 N–H and O–H groups in total. The minimum atomic E-state index is -4.40. The van der Waals surface area contributed by atoms with Gasteiger partial charge in [-0.15, -0.1) is 0 Å². The molecular weight excluding hydrogens is 339 g/mol. The highest BCUT2D eigenvalue weighted by Gasteiger charge is 2.30.